The van der Waals surface area contributed by atoms with Gasteiger partial charge in [-0.05, 0) is 31.9 Å². The first kappa shape index (κ1) is 22.2. The van der Waals surface area contributed by atoms with E-state index in [0.29, 0.717) is 18.8 Å². The molecule has 27 heavy (non-hydrogen) atoms. The largest absolute Gasteiger partial charge is 0.462 e. The smallest absolute Gasteiger partial charge is 0.340 e. The number of benzene rings is 1. The molecular weight excluding hydrogens is 346 g/mol. The number of para-hydroxylation sites is 1. The summed E-state index contributed by atoms with van der Waals surface area (Å²) in [6.45, 7) is 6.01. The summed E-state index contributed by atoms with van der Waals surface area (Å²) in [7, 11) is 0. The van der Waals surface area contributed by atoms with Crippen molar-refractivity contribution in [3.8, 4) is 6.07 Å². The van der Waals surface area contributed by atoms with E-state index in [1.54, 1.807) is 31.2 Å². The molecule has 0 spiro atoms. The van der Waals surface area contributed by atoms with Crippen LogP contribution >= 0.6 is 0 Å². The van der Waals surface area contributed by atoms with Crippen LogP contribution in [0.5, 0.6) is 0 Å². The molecule has 0 bridgehead atoms. The fourth-order valence-corrected chi connectivity index (χ4v) is 2.12. The zero-order valence-electron chi connectivity index (χ0n) is 15.9. The van der Waals surface area contributed by atoms with Gasteiger partial charge >= 0.3 is 5.97 Å². The van der Waals surface area contributed by atoms with E-state index in [9.17, 15) is 14.9 Å². The van der Waals surface area contributed by atoms with Crippen LogP contribution in [-0.4, -0.2) is 38.2 Å². The minimum Gasteiger partial charge on any atom is -0.462 e. The van der Waals surface area contributed by atoms with E-state index in [-0.39, 0.29) is 17.7 Å². The van der Waals surface area contributed by atoms with E-state index < -0.39 is 11.9 Å². The topological polar surface area (TPSA) is 100 Å². The van der Waals surface area contributed by atoms with Gasteiger partial charge in [0.05, 0.1) is 17.9 Å². The predicted molar refractivity (Wildman–Crippen MR) is 103 cm³/mol. The molecule has 1 aromatic carbocycles. The third-order valence-corrected chi connectivity index (χ3v) is 3.53. The highest BCUT2D eigenvalue weighted by molar-refractivity contribution is 6.09. The molecule has 0 aliphatic heterocycles. The van der Waals surface area contributed by atoms with Gasteiger partial charge in [0.15, 0.2) is 0 Å². The van der Waals surface area contributed by atoms with Gasteiger partial charge in [0, 0.05) is 26.0 Å². The Bertz CT molecular complexity index is 680. The fourth-order valence-electron chi connectivity index (χ4n) is 2.12. The maximum atomic E-state index is 12.3. The van der Waals surface area contributed by atoms with Gasteiger partial charge < -0.3 is 20.1 Å². The standard InChI is InChI=1S/C20H27N3O4/c1-3-5-12-26-13-8-11-22-15-16(14-21)19(24)23-18-10-7-6-9-17(18)20(25)27-4-2/h6-7,9-10,15,22H,3-5,8,11-13H2,1-2H3,(H,23,24)/b16-15-. The van der Waals surface area contributed by atoms with Crippen molar-refractivity contribution in [3.05, 3.63) is 41.6 Å². The lowest BCUT2D eigenvalue weighted by Gasteiger charge is -2.10. The molecule has 1 aromatic rings. The number of esters is 1. The molecule has 2 N–H and O–H groups in total. The van der Waals surface area contributed by atoms with Crippen LogP contribution in [0.2, 0.25) is 0 Å². The summed E-state index contributed by atoms with van der Waals surface area (Å²) in [6.07, 6.45) is 4.28. The van der Waals surface area contributed by atoms with Gasteiger partial charge in [0.1, 0.15) is 11.6 Å². The Hall–Kier alpha value is -2.85. The van der Waals surface area contributed by atoms with Gasteiger partial charge in [-0.15, -0.1) is 0 Å². The summed E-state index contributed by atoms with van der Waals surface area (Å²) < 4.78 is 10.4. The maximum Gasteiger partial charge on any atom is 0.340 e. The van der Waals surface area contributed by atoms with Crippen LogP contribution < -0.4 is 10.6 Å². The molecule has 0 heterocycles. The number of carbonyl (C=O) groups excluding carboxylic acids is 2. The highest BCUT2D eigenvalue weighted by Gasteiger charge is 2.16. The molecule has 0 aromatic heterocycles. The van der Waals surface area contributed by atoms with Gasteiger partial charge in [-0.3, -0.25) is 4.79 Å². The predicted octanol–water partition coefficient (Wildman–Crippen LogP) is 3.01. The monoisotopic (exact) mass is 373 g/mol. The Kier molecular flexibility index (Phi) is 11.0. The number of amides is 1. The van der Waals surface area contributed by atoms with E-state index >= 15 is 0 Å². The fraction of sp³-hybridized carbons (Fsp3) is 0.450. The van der Waals surface area contributed by atoms with Crippen molar-refractivity contribution in [2.75, 3.05) is 31.7 Å². The molecular formula is C20H27N3O4. The van der Waals surface area contributed by atoms with Crippen molar-refractivity contribution in [1.82, 2.24) is 5.32 Å². The molecule has 7 heteroatoms. The minimum atomic E-state index is -0.596. The first-order valence-corrected chi connectivity index (χ1v) is 9.12. The number of nitriles is 1. The zero-order valence-corrected chi connectivity index (χ0v) is 15.9. The number of unbranched alkanes of at least 4 members (excludes halogenated alkanes) is 1. The van der Waals surface area contributed by atoms with Crippen molar-refractivity contribution in [3.63, 3.8) is 0 Å². The third kappa shape index (κ3) is 8.38. The van der Waals surface area contributed by atoms with Gasteiger partial charge in [-0.2, -0.15) is 5.26 Å². The summed E-state index contributed by atoms with van der Waals surface area (Å²) in [5.74, 6) is -1.13. The Balaban J connectivity index is 2.57. The van der Waals surface area contributed by atoms with Crippen LogP contribution in [-0.2, 0) is 14.3 Å². The summed E-state index contributed by atoms with van der Waals surface area (Å²) in [5.41, 5.74) is 0.453. The Morgan fingerprint density at radius 3 is 2.63 bits per heavy atom. The van der Waals surface area contributed by atoms with Gasteiger partial charge in [0.2, 0.25) is 0 Å². The van der Waals surface area contributed by atoms with E-state index in [1.807, 2.05) is 6.07 Å². The van der Waals surface area contributed by atoms with Crippen LogP contribution in [0.3, 0.4) is 0 Å². The molecule has 0 radical (unpaired) electrons. The molecule has 1 rings (SSSR count). The van der Waals surface area contributed by atoms with E-state index in [4.69, 9.17) is 9.47 Å². The molecule has 0 aliphatic carbocycles. The van der Waals surface area contributed by atoms with E-state index in [2.05, 4.69) is 17.6 Å². The van der Waals surface area contributed by atoms with Crippen molar-refractivity contribution < 1.29 is 19.1 Å². The lowest BCUT2D eigenvalue weighted by Crippen LogP contribution is -2.19. The number of rotatable bonds is 12. The van der Waals surface area contributed by atoms with Crippen molar-refractivity contribution in [1.29, 1.82) is 5.26 Å². The zero-order chi connectivity index (χ0) is 19.9. The number of hydrogen-bond acceptors (Lipinski definition) is 6. The lowest BCUT2D eigenvalue weighted by molar-refractivity contribution is -0.112. The number of ether oxygens (including phenoxy) is 2. The van der Waals surface area contributed by atoms with Crippen LogP contribution in [0.15, 0.2) is 36.0 Å². The highest BCUT2D eigenvalue weighted by atomic mass is 16.5. The molecule has 146 valence electrons. The lowest BCUT2D eigenvalue weighted by atomic mass is 10.1. The van der Waals surface area contributed by atoms with E-state index in [1.165, 1.54) is 6.20 Å². The first-order chi connectivity index (χ1) is 13.1. The van der Waals surface area contributed by atoms with Gasteiger partial charge in [-0.25, -0.2) is 4.79 Å². The summed E-state index contributed by atoms with van der Waals surface area (Å²) >= 11 is 0. The Labute approximate surface area is 160 Å². The van der Waals surface area contributed by atoms with Gasteiger partial charge in [-0.1, -0.05) is 25.5 Å². The summed E-state index contributed by atoms with van der Waals surface area (Å²) in [5, 5.41) is 14.7. The summed E-state index contributed by atoms with van der Waals surface area (Å²) in [6, 6.07) is 8.35. The second-order valence-corrected chi connectivity index (χ2v) is 5.66. The molecule has 0 fully saturated rings. The molecule has 0 aliphatic rings. The molecule has 0 saturated carbocycles. The molecule has 0 saturated heterocycles. The van der Waals surface area contributed by atoms with Crippen LogP contribution in [0.1, 0.15) is 43.5 Å². The number of hydrogen-bond donors (Lipinski definition) is 2. The number of nitrogens with one attached hydrogen (secondary N) is 2. The van der Waals surface area contributed by atoms with Crippen molar-refractivity contribution in [2.45, 2.75) is 33.1 Å². The number of nitrogens with zero attached hydrogens (tertiary/aromatic N) is 1. The number of carbonyl (C=O) groups is 2. The van der Waals surface area contributed by atoms with E-state index in [0.717, 1.165) is 25.9 Å². The maximum absolute atomic E-state index is 12.3. The van der Waals surface area contributed by atoms with Crippen LogP contribution in [0, 0.1) is 11.3 Å². The van der Waals surface area contributed by atoms with Crippen molar-refractivity contribution in [2.24, 2.45) is 0 Å². The normalized spacial score (nSPS) is 10.8. The Morgan fingerprint density at radius 1 is 1.19 bits per heavy atom. The summed E-state index contributed by atoms with van der Waals surface area (Å²) in [4.78, 5) is 24.2. The third-order valence-electron chi connectivity index (χ3n) is 3.53. The van der Waals surface area contributed by atoms with Crippen LogP contribution in [0.4, 0.5) is 5.69 Å². The quantitative estimate of drug-likeness (QED) is 0.253. The average molecular weight is 373 g/mol. The minimum absolute atomic E-state index is 0.0828. The molecule has 1 amide bonds. The van der Waals surface area contributed by atoms with Crippen molar-refractivity contribution >= 4 is 17.6 Å². The molecule has 7 nitrogen and oxygen atoms in total. The first-order valence-electron chi connectivity index (χ1n) is 9.12. The molecule has 0 atom stereocenters. The second-order valence-electron chi connectivity index (χ2n) is 5.66. The van der Waals surface area contributed by atoms with Crippen LogP contribution in [0.25, 0.3) is 0 Å². The molecule has 0 unspecified atom stereocenters. The number of anilines is 1. The van der Waals surface area contributed by atoms with Gasteiger partial charge in [0.25, 0.3) is 5.91 Å². The average Bonchev–Trinajstić information content (AvgIpc) is 2.67. The SMILES string of the molecule is CCCCOCCCN/C=C(/C#N)C(=O)Nc1ccccc1C(=O)OCC. The highest BCUT2D eigenvalue weighted by Crippen LogP contribution is 2.17. The second kappa shape index (κ2) is 13.4. The Morgan fingerprint density at radius 2 is 1.93 bits per heavy atom.